The molecule has 0 radical (unpaired) electrons. The lowest BCUT2D eigenvalue weighted by Gasteiger charge is -2.24. The van der Waals surface area contributed by atoms with Crippen LogP contribution < -0.4 is 10.7 Å². The van der Waals surface area contributed by atoms with Crippen molar-refractivity contribution in [3.63, 3.8) is 0 Å². The molecule has 6 nitrogen and oxygen atoms in total. The summed E-state index contributed by atoms with van der Waals surface area (Å²) in [5.74, 6) is 0. The maximum Gasteiger partial charge on any atom is 0.256 e. The minimum atomic E-state index is -1.63. The monoisotopic (exact) mass is 402 g/mol. The molecule has 25 heavy (non-hydrogen) atoms. The summed E-state index contributed by atoms with van der Waals surface area (Å²) in [5.41, 5.74) is 0. The van der Waals surface area contributed by atoms with Crippen LogP contribution in [-0.4, -0.2) is 51.5 Å². The molecule has 0 saturated carbocycles. The fraction of sp³-hybridized carbons (Fsp3) is 0.375. The third kappa shape index (κ3) is 2.73. The number of aliphatic hydroxyl groups excluding tert-OH is 3. The van der Waals surface area contributed by atoms with Crippen LogP contribution in [0.3, 0.4) is 0 Å². The van der Waals surface area contributed by atoms with E-state index in [0.29, 0.717) is 20.8 Å². The molecule has 9 heteroatoms. The van der Waals surface area contributed by atoms with Crippen molar-refractivity contribution in [3.05, 3.63) is 45.0 Å². The summed E-state index contributed by atoms with van der Waals surface area (Å²) < 4.78 is 5.48. The van der Waals surface area contributed by atoms with Crippen LogP contribution in [0.2, 0.25) is 10.0 Å². The van der Waals surface area contributed by atoms with Crippen molar-refractivity contribution in [1.82, 2.24) is 0 Å². The Morgan fingerprint density at radius 2 is 1.48 bits per heavy atom. The number of hydrogen-bond donors (Lipinski definition) is 3. The number of alkyl halides is 1. The Hall–Kier alpha value is -0.990. The second-order valence-electron chi connectivity index (χ2n) is 6.07. The van der Waals surface area contributed by atoms with Gasteiger partial charge in [0.05, 0.1) is 27.4 Å². The average molecular weight is 404 g/mol. The van der Waals surface area contributed by atoms with Crippen LogP contribution in [0, 0.1) is 0 Å². The number of aliphatic hydroxyl groups is 3. The van der Waals surface area contributed by atoms with Gasteiger partial charge in [0, 0.05) is 0 Å². The second-order valence-corrected chi connectivity index (χ2v) is 7.44. The Kier molecular flexibility index (Phi) is 4.20. The highest BCUT2D eigenvalue weighted by molar-refractivity contribution is 6.42. The molecule has 3 N–H and O–H groups in total. The lowest BCUT2D eigenvalue weighted by Crippen LogP contribution is -2.43. The zero-order valence-corrected chi connectivity index (χ0v) is 14.9. The lowest BCUT2D eigenvalue weighted by atomic mass is 10.1. The van der Waals surface area contributed by atoms with Crippen molar-refractivity contribution in [2.75, 3.05) is 6.61 Å². The van der Waals surface area contributed by atoms with Gasteiger partial charge >= 0.3 is 0 Å². The van der Waals surface area contributed by atoms with Crippen LogP contribution in [0.15, 0.2) is 34.3 Å². The first kappa shape index (κ1) is 17.4. The molecule has 132 valence electrons. The van der Waals surface area contributed by atoms with Gasteiger partial charge in [-0.1, -0.05) is 34.8 Å². The Morgan fingerprint density at radius 1 is 0.960 bits per heavy atom. The third-order valence-corrected chi connectivity index (χ3v) is 5.54. The van der Waals surface area contributed by atoms with Crippen LogP contribution in [0.5, 0.6) is 0 Å². The van der Waals surface area contributed by atoms with Crippen LogP contribution in [0.4, 0.5) is 0 Å². The highest BCUT2D eigenvalue weighted by Crippen LogP contribution is 2.36. The van der Waals surface area contributed by atoms with Crippen molar-refractivity contribution in [2.24, 2.45) is 9.98 Å². The van der Waals surface area contributed by atoms with E-state index in [-0.39, 0.29) is 0 Å². The minimum Gasteiger partial charge on any atom is -0.394 e. The molecule has 4 atom stereocenters. The molecule has 0 amide bonds. The van der Waals surface area contributed by atoms with Crippen LogP contribution in [0.25, 0.3) is 10.8 Å². The maximum absolute atomic E-state index is 10.2. The van der Waals surface area contributed by atoms with Gasteiger partial charge in [-0.2, -0.15) is 0 Å². The normalized spacial score (nSPS) is 30.2. The summed E-state index contributed by atoms with van der Waals surface area (Å²) in [6.07, 6.45) is -4.63. The van der Waals surface area contributed by atoms with Gasteiger partial charge in [0.15, 0.2) is 0 Å². The molecule has 0 spiro atoms. The molecule has 2 heterocycles. The molecule has 1 fully saturated rings. The summed E-state index contributed by atoms with van der Waals surface area (Å²) in [7, 11) is 0. The maximum atomic E-state index is 10.2. The second kappa shape index (κ2) is 6.03. The molecule has 4 rings (SSSR count). The Labute approximate surface area is 156 Å². The molecule has 2 aromatic carbocycles. The molecule has 0 aliphatic carbocycles. The topological polar surface area (TPSA) is 94.6 Å². The molecule has 2 aromatic rings. The molecule has 2 aliphatic heterocycles. The van der Waals surface area contributed by atoms with Crippen LogP contribution >= 0.6 is 34.8 Å². The number of rotatable bonds is 2. The van der Waals surface area contributed by atoms with Crippen LogP contribution in [0.1, 0.15) is 0 Å². The van der Waals surface area contributed by atoms with Crippen molar-refractivity contribution in [1.29, 1.82) is 0 Å². The predicted octanol–water partition coefficient (Wildman–Crippen LogP) is 0.773. The minimum absolute atomic E-state index is 0.421. The molecule has 0 aromatic heterocycles. The van der Waals surface area contributed by atoms with Gasteiger partial charge in [-0.3, -0.25) is 0 Å². The number of nitrogens with zero attached hydrogens (tertiary/aromatic N) is 2. The van der Waals surface area contributed by atoms with Gasteiger partial charge in [-0.25, -0.2) is 9.98 Å². The van der Waals surface area contributed by atoms with E-state index in [0.717, 1.165) is 10.8 Å². The Morgan fingerprint density at radius 3 is 1.92 bits per heavy atom. The third-order valence-electron chi connectivity index (χ3n) is 4.43. The lowest BCUT2D eigenvalue weighted by molar-refractivity contribution is -0.0343. The van der Waals surface area contributed by atoms with Gasteiger partial charge in [0.2, 0.25) is 0 Å². The molecule has 1 saturated heterocycles. The van der Waals surface area contributed by atoms with E-state index < -0.39 is 36.1 Å². The number of halogens is 3. The standard InChI is InChI=1S/C16H13Cl3N2O4/c17-8-1-6-3-10-11(4-7(6)2-9(8)18)21-16(19,20-10)15-14(24)13(23)12(5-22)25-15/h1-4,12-15,22-24H,5H2. The molecule has 2 aliphatic rings. The zero-order chi connectivity index (χ0) is 17.9. The van der Waals surface area contributed by atoms with E-state index >= 15 is 0 Å². The van der Waals surface area contributed by atoms with Gasteiger partial charge < -0.3 is 20.1 Å². The summed E-state index contributed by atoms with van der Waals surface area (Å²) >= 11 is 18.6. The molecule has 4 unspecified atom stereocenters. The van der Waals surface area contributed by atoms with E-state index in [1.165, 1.54) is 0 Å². The first-order valence-corrected chi connectivity index (χ1v) is 8.66. The van der Waals surface area contributed by atoms with Gasteiger partial charge in [-0.15, -0.1) is 0 Å². The summed E-state index contributed by atoms with van der Waals surface area (Å²) in [5, 5.41) is 31.2. The molecule has 0 bridgehead atoms. The molecular weight excluding hydrogens is 391 g/mol. The molecular formula is C16H13Cl3N2O4. The summed E-state index contributed by atoms with van der Waals surface area (Å²) in [6.45, 7) is -0.449. The highest BCUT2D eigenvalue weighted by atomic mass is 35.5. The fourth-order valence-electron chi connectivity index (χ4n) is 3.14. The van der Waals surface area contributed by atoms with Gasteiger partial charge in [0.1, 0.15) is 24.4 Å². The van der Waals surface area contributed by atoms with E-state index in [1.807, 2.05) is 0 Å². The zero-order valence-electron chi connectivity index (χ0n) is 12.6. The Bertz CT molecular complexity index is 923. The van der Waals surface area contributed by atoms with Gasteiger partial charge in [0.25, 0.3) is 5.12 Å². The van der Waals surface area contributed by atoms with Crippen LogP contribution in [-0.2, 0) is 4.74 Å². The van der Waals surface area contributed by atoms with E-state index in [4.69, 9.17) is 39.5 Å². The van der Waals surface area contributed by atoms with E-state index in [2.05, 4.69) is 9.98 Å². The number of ether oxygens (including phenoxy) is 1. The summed E-state index contributed by atoms with van der Waals surface area (Å²) in [4.78, 5) is 8.73. The number of fused-ring (bicyclic) bond motifs is 2. The smallest absolute Gasteiger partial charge is 0.256 e. The predicted molar refractivity (Wildman–Crippen MR) is 92.6 cm³/mol. The average Bonchev–Trinajstić information content (AvgIpc) is 3.04. The van der Waals surface area contributed by atoms with Crippen molar-refractivity contribution < 1.29 is 20.1 Å². The fourth-order valence-corrected chi connectivity index (χ4v) is 3.85. The Balaban J connectivity index is 1.82. The first-order valence-electron chi connectivity index (χ1n) is 7.52. The first-order chi connectivity index (χ1) is 11.8. The SMILES string of the molecule is OCC1OC(C2(Cl)N=c3cc4cc(Cl)c(Cl)cc4cc3=N2)C(O)C1O. The summed E-state index contributed by atoms with van der Waals surface area (Å²) in [6, 6.07) is 6.97. The van der Waals surface area contributed by atoms with Crippen molar-refractivity contribution in [3.8, 4) is 0 Å². The quantitative estimate of drug-likeness (QED) is 0.510. The van der Waals surface area contributed by atoms with Crippen molar-refractivity contribution in [2.45, 2.75) is 29.5 Å². The highest BCUT2D eigenvalue weighted by Gasteiger charge is 2.53. The van der Waals surface area contributed by atoms with E-state index in [1.54, 1.807) is 24.3 Å². The van der Waals surface area contributed by atoms with Crippen molar-refractivity contribution >= 4 is 45.6 Å². The van der Waals surface area contributed by atoms with E-state index in [9.17, 15) is 15.3 Å². The number of benzene rings is 2. The largest absolute Gasteiger partial charge is 0.394 e. The van der Waals surface area contributed by atoms with Gasteiger partial charge in [-0.05, 0) is 35.0 Å². The number of hydrogen-bond acceptors (Lipinski definition) is 6.